The number of hydrogen-bond donors (Lipinski definition) is 2. The highest BCUT2D eigenvalue weighted by Gasteiger charge is 2.14. The van der Waals surface area contributed by atoms with E-state index in [0.29, 0.717) is 33.5 Å². The summed E-state index contributed by atoms with van der Waals surface area (Å²) in [6.07, 6.45) is -0.107. The van der Waals surface area contributed by atoms with E-state index in [1.54, 1.807) is 30.3 Å². The number of hydrogen-bond acceptors (Lipinski definition) is 3. The number of carboxylic acids is 1. The van der Waals surface area contributed by atoms with E-state index in [1.807, 2.05) is 54.9 Å². The van der Waals surface area contributed by atoms with Crippen LogP contribution in [0, 0.1) is 6.92 Å². The van der Waals surface area contributed by atoms with Gasteiger partial charge in [-0.3, -0.25) is 9.59 Å². The molecule has 1 aromatic heterocycles. The Labute approximate surface area is 190 Å². The van der Waals surface area contributed by atoms with E-state index in [9.17, 15) is 9.59 Å². The van der Waals surface area contributed by atoms with E-state index in [4.69, 9.17) is 21.4 Å². The quantitative estimate of drug-likeness (QED) is 0.390. The zero-order valence-electron chi connectivity index (χ0n) is 17.6. The Hall–Kier alpha value is -3.77. The fourth-order valence-corrected chi connectivity index (χ4v) is 3.82. The molecule has 4 rings (SSSR count). The monoisotopic (exact) mass is 448 g/mol. The second kappa shape index (κ2) is 8.77. The summed E-state index contributed by atoms with van der Waals surface area (Å²) in [7, 11) is 1.87. The SMILES string of the molecule is Cc1cc(NC(=O)c2cc3ccccc3n2C)ccc1Oc1ccc(CC(=O)O)cc1Cl. The van der Waals surface area contributed by atoms with Crippen LogP contribution in [0.4, 0.5) is 5.69 Å². The minimum absolute atomic E-state index is 0.107. The molecule has 4 aromatic rings. The molecule has 0 atom stereocenters. The Balaban J connectivity index is 1.50. The van der Waals surface area contributed by atoms with Crippen LogP contribution in [0.3, 0.4) is 0 Å². The van der Waals surface area contributed by atoms with Gasteiger partial charge in [-0.15, -0.1) is 0 Å². The molecule has 0 bridgehead atoms. The summed E-state index contributed by atoms with van der Waals surface area (Å²) in [5.74, 6) is -0.114. The van der Waals surface area contributed by atoms with Crippen molar-refractivity contribution in [3.8, 4) is 11.5 Å². The normalized spacial score (nSPS) is 10.8. The molecule has 0 aliphatic carbocycles. The van der Waals surface area contributed by atoms with Gasteiger partial charge in [0.2, 0.25) is 0 Å². The molecule has 7 heteroatoms. The molecule has 0 saturated carbocycles. The molecule has 32 heavy (non-hydrogen) atoms. The average molecular weight is 449 g/mol. The molecule has 0 saturated heterocycles. The van der Waals surface area contributed by atoms with Crippen LogP contribution in [0.5, 0.6) is 11.5 Å². The summed E-state index contributed by atoms with van der Waals surface area (Å²) in [5, 5.41) is 13.2. The van der Waals surface area contributed by atoms with Gasteiger partial charge >= 0.3 is 5.97 Å². The minimum Gasteiger partial charge on any atom is -0.481 e. The number of para-hydroxylation sites is 1. The molecule has 6 nitrogen and oxygen atoms in total. The van der Waals surface area contributed by atoms with Crippen molar-refractivity contribution >= 4 is 40.1 Å². The molecule has 1 heterocycles. The van der Waals surface area contributed by atoms with E-state index in [0.717, 1.165) is 16.5 Å². The molecule has 0 aliphatic heterocycles. The molecular weight excluding hydrogens is 428 g/mol. The van der Waals surface area contributed by atoms with Crippen molar-refractivity contribution in [1.82, 2.24) is 4.57 Å². The maximum atomic E-state index is 12.8. The van der Waals surface area contributed by atoms with Crippen molar-refractivity contribution in [1.29, 1.82) is 0 Å². The maximum Gasteiger partial charge on any atom is 0.307 e. The molecular formula is C25H21ClN2O4. The Kier molecular flexibility index (Phi) is 5.88. The lowest BCUT2D eigenvalue weighted by Gasteiger charge is -2.13. The van der Waals surface area contributed by atoms with Crippen LogP contribution < -0.4 is 10.1 Å². The van der Waals surface area contributed by atoms with Crippen molar-refractivity contribution in [3.63, 3.8) is 0 Å². The highest BCUT2D eigenvalue weighted by molar-refractivity contribution is 6.32. The Morgan fingerprint density at radius 2 is 1.78 bits per heavy atom. The first-order chi connectivity index (χ1) is 15.3. The number of amides is 1. The fourth-order valence-electron chi connectivity index (χ4n) is 3.57. The summed E-state index contributed by atoms with van der Waals surface area (Å²) in [4.78, 5) is 23.7. The van der Waals surface area contributed by atoms with Gasteiger partial charge in [0.25, 0.3) is 5.91 Å². The van der Waals surface area contributed by atoms with E-state index in [2.05, 4.69) is 5.32 Å². The van der Waals surface area contributed by atoms with Gasteiger partial charge in [-0.05, 0) is 60.5 Å². The summed E-state index contributed by atoms with van der Waals surface area (Å²) in [5.41, 5.74) is 3.61. The Morgan fingerprint density at radius 1 is 1.03 bits per heavy atom. The molecule has 0 spiro atoms. The average Bonchev–Trinajstić information content (AvgIpc) is 3.08. The van der Waals surface area contributed by atoms with Gasteiger partial charge in [-0.1, -0.05) is 35.9 Å². The standard InChI is InChI=1S/C25H21ClN2O4/c1-15-11-18(27-25(31)21-14-17-5-3-4-6-20(17)28(21)2)8-10-22(15)32-23-9-7-16(12-19(23)26)13-24(29)30/h3-12,14H,13H2,1-2H3,(H,27,31)(H,29,30). The lowest BCUT2D eigenvalue weighted by atomic mass is 10.1. The van der Waals surface area contributed by atoms with Crippen molar-refractivity contribution < 1.29 is 19.4 Å². The number of benzene rings is 3. The summed E-state index contributed by atoms with van der Waals surface area (Å²) >= 11 is 6.25. The van der Waals surface area contributed by atoms with E-state index < -0.39 is 5.97 Å². The summed E-state index contributed by atoms with van der Waals surface area (Å²) < 4.78 is 7.77. The molecule has 0 unspecified atom stereocenters. The molecule has 0 aliphatic rings. The number of carbonyl (C=O) groups is 2. The predicted octanol–water partition coefficient (Wildman–Crippen LogP) is 5.81. The second-order valence-corrected chi connectivity index (χ2v) is 7.93. The summed E-state index contributed by atoms with van der Waals surface area (Å²) in [6.45, 7) is 1.87. The number of aryl methyl sites for hydroxylation is 2. The number of rotatable bonds is 6. The number of fused-ring (bicyclic) bond motifs is 1. The minimum atomic E-state index is -0.924. The number of anilines is 1. The number of carbonyl (C=O) groups excluding carboxylic acids is 1. The first kappa shape index (κ1) is 21.5. The first-order valence-corrected chi connectivity index (χ1v) is 10.3. The number of nitrogens with zero attached hydrogens (tertiary/aromatic N) is 1. The summed E-state index contributed by atoms with van der Waals surface area (Å²) in [6, 6.07) is 19.9. The third-order valence-corrected chi connectivity index (χ3v) is 5.48. The highest BCUT2D eigenvalue weighted by atomic mass is 35.5. The van der Waals surface area contributed by atoms with Crippen LogP contribution in [0.2, 0.25) is 5.02 Å². The molecule has 1 amide bonds. The fraction of sp³-hybridized carbons (Fsp3) is 0.120. The zero-order valence-corrected chi connectivity index (χ0v) is 18.3. The molecule has 3 aromatic carbocycles. The van der Waals surface area contributed by atoms with Gasteiger partial charge in [-0.25, -0.2) is 0 Å². The molecule has 162 valence electrons. The maximum absolute atomic E-state index is 12.8. The molecule has 0 radical (unpaired) electrons. The number of aromatic nitrogens is 1. The largest absolute Gasteiger partial charge is 0.481 e. The lowest BCUT2D eigenvalue weighted by Crippen LogP contribution is -2.15. The van der Waals surface area contributed by atoms with Crippen molar-refractivity contribution in [2.24, 2.45) is 7.05 Å². The molecule has 0 fully saturated rings. The van der Waals surface area contributed by atoms with Gasteiger partial charge in [-0.2, -0.15) is 0 Å². The molecule has 2 N–H and O–H groups in total. The van der Waals surface area contributed by atoms with Crippen LogP contribution in [-0.4, -0.2) is 21.6 Å². The van der Waals surface area contributed by atoms with Crippen LogP contribution >= 0.6 is 11.6 Å². The highest BCUT2D eigenvalue weighted by Crippen LogP contribution is 2.33. The topological polar surface area (TPSA) is 80.6 Å². The number of aliphatic carboxylic acids is 1. The number of carboxylic acid groups (broad SMARTS) is 1. The van der Waals surface area contributed by atoms with Crippen molar-refractivity contribution in [2.45, 2.75) is 13.3 Å². The zero-order chi connectivity index (χ0) is 22.8. The number of nitrogens with one attached hydrogen (secondary N) is 1. The van der Waals surface area contributed by atoms with Gasteiger partial charge < -0.3 is 19.7 Å². The Morgan fingerprint density at radius 3 is 2.47 bits per heavy atom. The first-order valence-electron chi connectivity index (χ1n) is 9.96. The van der Waals surface area contributed by atoms with Crippen LogP contribution in [0.1, 0.15) is 21.6 Å². The lowest BCUT2D eigenvalue weighted by molar-refractivity contribution is -0.136. The van der Waals surface area contributed by atoms with Crippen LogP contribution in [0.25, 0.3) is 10.9 Å². The van der Waals surface area contributed by atoms with E-state index in [-0.39, 0.29) is 12.3 Å². The van der Waals surface area contributed by atoms with Crippen molar-refractivity contribution in [2.75, 3.05) is 5.32 Å². The second-order valence-electron chi connectivity index (χ2n) is 7.52. The number of ether oxygens (including phenoxy) is 1. The van der Waals surface area contributed by atoms with Gasteiger partial charge in [0, 0.05) is 23.6 Å². The number of halogens is 1. The third-order valence-electron chi connectivity index (χ3n) is 5.19. The smallest absolute Gasteiger partial charge is 0.307 e. The third kappa shape index (κ3) is 4.45. The van der Waals surface area contributed by atoms with Gasteiger partial charge in [0.15, 0.2) is 0 Å². The van der Waals surface area contributed by atoms with E-state index in [1.165, 1.54) is 0 Å². The van der Waals surface area contributed by atoms with Gasteiger partial charge in [0.05, 0.1) is 11.4 Å². The van der Waals surface area contributed by atoms with Gasteiger partial charge in [0.1, 0.15) is 17.2 Å². The Bertz CT molecular complexity index is 1340. The predicted molar refractivity (Wildman–Crippen MR) is 125 cm³/mol. The van der Waals surface area contributed by atoms with E-state index >= 15 is 0 Å². The van der Waals surface area contributed by atoms with Crippen LogP contribution in [0.15, 0.2) is 66.7 Å². The van der Waals surface area contributed by atoms with Crippen molar-refractivity contribution in [3.05, 3.63) is 88.6 Å². The van der Waals surface area contributed by atoms with Crippen LogP contribution in [-0.2, 0) is 18.3 Å².